The van der Waals surface area contributed by atoms with Gasteiger partial charge in [0.05, 0.1) is 40.2 Å². The summed E-state index contributed by atoms with van der Waals surface area (Å²) in [5.74, 6) is 1.35. The first-order valence-electron chi connectivity index (χ1n) is 15.9. The van der Waals surface area contributed by atoms with Crippen molar-refractivity contribution in [1.82, 2.24) is 14.9 Å². The third kappa shape index (κ3) is 7.02. The third-order valence-electron chi connectivity index (χ3n) is 8.54. The molecule has 1 aliphatic carbocycles. The van der Waals surface area contributed by atoms with Crippen LogP contribution in [-0.4, -0.2) is 84.1 Å². The number of rotatable bonds is 5. The van der Waals surface area contributed by atoms with Crippen molar-refractivity contribution in [3.8, 4) is 0 Å². The molecule has 3 fully saturated rings. The number of benzene rings is 1. The molecule has 1 aromatic heterocycles. The van der Waals surface area contributed by atoms with Crippen molar-refractivity contribution < 1.29 is 14.3 Å². The number of carbonyl (C=O) groups excluding carboxylic acids is 1. The van der Waals surface area contributed by atoms with Gasteiger partial charge in [0, 0.05) is 49.2 Å². The van der Waals surface area contributed by atoms with Crippen molar-refractivity contribution in [3.63, 3.8) is 0 Å². The van der Waals surface area contributed by atoms with Crippen LogP contribution in [0.2, 0.25) is 0 Å². The van der Waals surface area contributed by atoms with Crippen LogP contribution < -0.4 is 37.2 Å². The Morgan fingerprint density at radius 2 is 1.91 bits per heavy atom. The molecular weight excluding hydrogens is 576 g/mol. The summed E-state index contributed by atoms with van der Waals surface area (Å²) in [5, 5.41) is 13.6. The number of amides is 1. The Kier molecular flexibility index (Phi) is 9.11. The molecule has 0 bridgehead atoms. The molecule has 1 amide bonds. The van der Waals surface area contributed by atoms with Gasteiger partial charge in [-0.3, -0.25) is 0 Å². The summed E-state index contributed by atoms with van der Waals surface area (Å²) in [7, 11) is 0. The number of ether oxygens (including phenoxy) is 2. The molecule has 44 heavy (non-hydrogen) atoms. The molecule has 238 valence electrons. The summed E-state index contributed by atoms with van der Waals surface area (Å²) in [4.78, 5) is 27.9. The highest BCUT2D eigenvalue weighted by Crippen LogP contribution is 2.45. The van der Waals surface area contributed by atoms with Crippen LogP contribution in [0.4, 0.5) is 27.9 Å². The first-order valence-corrected chi connectivity index (χ1v) is 16.7. The highest BCUT2D eigenvalue weighted by Gasteiger charge is 2.30. The second kappa shape index (κ2) is 13.0. The summed E-state index contributed by atoms with van der Waals surface area (Å²) in [5.41, 5.74) is 8.04. The molecule has 6 rings (SSSR count). The fourth-order valence-electron chi connectivity index (χ4n) is 6.29. The van der Waals surface area contributed by atoms with Crippen LogP contribution >= 0.6 is 11.8 Å². The second-order valence-electron chi connectivity index (χ2n) is 13.1. The number of nitrogens with two attached hydrogens (primary N) is 1. The number of thioether (sulfide) groups is 1. The molecule has 12 heteroatoms. The molecule has 3 aliphatic heterocycles. The number of para-hydroxylation sites is 1. The molecule has 2 unspecified atom stereocenters. The predicted octanol–water partition coefficient (Wildman–Crippen LogP) is 3.50. The Morgan fingerprint density at radius 3 is 2.68 bits per heavy atom. The molecule has 1 saturated carbocycles. The zero-order chi connectivity index (χ0) is 30.8. The lowest BCUT2D eigenvalue weighted by Gasteiger charge is -2.35. The maximum Gasteiger partial charge on any atom is 0.410 e. The molecule has 0 radical (unpaired) electrons. The zero-order valence-electron chi connectivity index (χ0n) is 26.2. The van der Waals surface area contributed by atoms with Crippen LogP contribution in [-0.2, 0) is 9.47 Å². The molecule has 0 spiro atoms. The van der Waals surface area contributed by atoms with Gasteiger partial charge in [-0.25, -0.2) is 9.78 Å². The van der Waals surface area contributed by atoms with Gasteiger partial charge >= 0.3 is 6.09 Å². The Morgan fingerprint density at radius 1 is 1.11 bits per heavy atom. The number of aromatic nitrogens is 2. The lowest BCUT2D eigenvalue weighted by Crippen LogP contribution is -2.48. The van der Waals surface area contributed by atoms with Gasteiger partial charge in [-0.1, -0.05) is 37.2 Å². The minimum absolute atomic E-state index is 0.00116. The van der Waals surface area contributed by atoms with Gasteiger partial charge in [0.25, 0.3) is 0 Å². The normalized spacial score (nSPS) is 25.2. The molecule has 4 heterocycles. The Hall–Kier alpha value is -3.22. The molecule has 5 N–H and O–H groups in total. The molecule has 2 aromatic rings. The summed E-state index contributed by atoms with van der Waals surface area (Å²) in [6.07, 6.45) is 6.01. The number of fused-ring (bicyclic) bond motifs is 1. The minimum Gasteiger partial charge on any atom is -0.444 e. The highest BCUT2D eigenvalue weighted by atomic mass is 32.2. The molecule has 11 nitrogen and oxygen atoms in total. The standard InChI is InChI=1S/C32H46N8O3S/c1-20-26(29-37-27-24(12-7-13-25(27)44-29)36-23-11-6-5-10-22(23)33)28(38-30(34-20)39-15-17-42-18-16-39)35-21-9-8-14-40(19-21)31(41)43-32(2,3)4/h7,12-13,21-23,36-37H,1,5-6,8-11,14-19,33H2,2-4H3,(H,34,35,38)/b29-26-/t21-,22?,23?/m1/s1. The average Bonchev–Trinajstić information content (AvgIpc) is 3.42. The van der Waals surface area contributed by atoms with E-state index in [1.54, 1.807) is 16.7 Å². The number of morpholine rings is 1. The number of carbonyl (C=O) groups is 1. The maximum absolute atomic E-state index is 12.9. The number of hydrogen-bond acceptors (Lipinski definition) is 11. The quantitative estimate of drug-likeness (QED) is 0.391. The predicted molar refractivity (Wildman–Crippen MR) is 177 cm³/mol. The van der Waals surface area contributed by atoms with Crippen LogP contribution in [0.5, 0.6) is 0 Å². The first-order chi connectivity index (χ1) is 21.1. The topological polar surface area (TPSA) is 130 Å². The van der Waals surface area contributed by atoms with Crippen molar-refractivity contribution >= 4 is 52.6 Å². The van der Waals surface area contributed by atoms with E-state index in [9.17, 15) is 4.79 Å². The van der Waals surface area contributed by atoms with E-state index in [1.165, 1.54) is 12.8 Å². The van der Waals surface area contributed by atoms with Crippen LogP contribution in [0, 0.1) is 0 Å². The second-order valence-corrected chi connectivity index (χ2v) is 14.2. The third-order valence-corrected chi connectivity index (χ3v) is 9.61. The summed E-state index contributed by atoms with van der Waals surface area (Å²) >= 11 is 1.67. The van der Waals surface area contributed by atoms with Gasteiger partial charge < -0.3 is 41.0 Å². The first kappa shape index (κ1) is 30.8. The molecular formula is C32H46N8O3S. The van der Waals surface area contributed by atoms with Gasteiger partial charge in [-0.2, -0.15) is 4.98 Å². The van der Waals surface area contributed by atoms with E-state index < -0.39 is 5.60 Å². The zero-order valence-corrected chi connectivity index (χ0v) is 27.0. The summed E-state index contributed by atoms with van der Waals surface area (Å²) in [6, 6.07) is 6.74. The van der Waals surface area contributed by atoms with Gasteiger partial charge in [0.15, 0.2) is 0 Å². The van der Waals surface area contributed by atoms with Gasteiger partial charge in [-0.05, 0) is 58.6 Å². The Bertz CT molecular complexity index is 1480. The summed E-state index contributed by atoms with van der Waals surface area (Å²) in [6.45, 7) is 14.0. The van der Waals surface area contributed by atoms with E-state index in [0.717, 1.165) is 65.3 Å². The van der Waals surface area contributed by atoms with Crippen molar-refractivity contribution in [1.29, 1.82) is 0 Å². The van der Waals surface area contributed by atoms with Crippen LogP contribution in [0.1, 0.15) is 59.3 Å². The maximum atomic E-state index is 12.9. The number of hydrogen-bond donors (Lipinski definition) is 4. The van der Waals surface area contributed by atoms with E-state index in [1.807, 2.05) is 20.8 Å². The monoisotopic (exact) mass is 622 g/mol. The lowest BCUT2D eigenvalue weighted by molar-refractivity contribution is 0.0206. The average molecular weight is 623 g/mol. The Balaban J connectivity index is 1.32. The smallest absolute Gasteiger partial charge is 0.410 e. The molecule has 4 aliphatic rings. The van der Waals surface area contributed by atoms with E-state index in [2.05, 4.69) is 45.6 Å². The number of anilines is 4. The van der Waals surface area contributed by atoms with Crippen molar-refractivity contribution in [2.45, 2.75) is 87.9 Å². The van der Waals surface area contributed by atoms with Crippen LogP contribution in [0.15, 0.2) is 23.1 Å². The van der Waals surface area contributed by atoms with Crippen LogP contribution in [0.25, 0.3) is 11.6 Å². The molecule has 1 aromatic carbocycles. The summed E-state index contributed by atoms with van der Waals surface area (Å²) < 4.78 is 11.3. The largest absolute Gasteiger partial charge is 0.444 e. The van der Waals surface area contributed by atoms with Crippen molar-refractivity contribution in [3.05, 3.63) is 28.8 Å². The molecule has 3 atom stereocenters. The minimum atomic E-state index is -0.542. The van der Waals surface area contributed by atoms with Gasteiger partial charge in [-0.15, -0.1) is 0 Å². The number of likely N-dealkylation sites (tertiary alicyclic amines) is 1. The SMILES string of the molecule is C=c1nc(N2CCOCC2)nc(N[C@@H]2CCCN(C(=O)OC(C)(C)C)C2)/c1=C1/Nc2c(NC3CCCCC3N)cccc2S1. The Labute approximate surface area is 264 Å². The molecule has 2 saturated heterocycles. The van der Waals surface area contributed by atoms with Crippen LogP contribution in [0.3, 0.4) is 0 Å². The number of nitrogens with zero attached hydrogens (tertiary/aromatic N) is 4. The highest BCUT2D eigenvalue weighted by molar-refractivity contribution is 8.08. The van der Waals surface area contributed by atoms with Crippen molar-refractivity contribution in [2.75, 3.05) is 60.2 Å². The van der Waals surface area contributed by atoms with Gasteiger partial charge in [0.1, 0.15) is 11.4 Å². The fraction of sp³-hybridized carbons (Fsp3) is 0.594. The van der Waals surface area contributed by atoms with E-state index >= 15 is 0 Å². The van der Waals surface area contributed by atoms with E-state index in [-0.39, 0.29) is 24.2 Å². The van der Waals surface area contributed by atoms with Crippen molar-refractivity contribution in [2.24, 2.45) is 5.73 Å². The number of piperidine rings is 1. The van der Waals surface area contributed by atoms with E-state index in [4.69, 9.17) is 25.2 Å². The van der Waals surface area contributed by atoms with Gasteiger partial charge in [0.2, 0.25) is 5.95 Å². The van der Waals surface area contributed by atoms with E-state index in [0.29, 0.717) is 43.4 Å². The fourth-order valence-corrected chi connectivity index (χ4v) is 7.39. The number of nitrogens with one attached hydrogen (secondary N) is 3. The lowest BCUT2D eigenvalue weighted by atomic mass is 9.91.